The minimum atomic E-state index is -3.82. The molecule has 1 unspecified atom stereocenters. The molecule has 0 fully saturated rings. The second kappa shape index (κ2) is 5.64. The number of benzene rings is 1. The van der Waals surface area contributed by atoms with Crippen LogP contribution in [0.3, 0.4) is 0 Å². The van der Waals surface area contributed by atoms with Gasteiger partial charge in [-0.1, -0.05) is 17.7 Å². The highest BCUT2D eigenvalue weighted by Crippen LogP contribution is 2.17. The zero-order valence-electron chi connectivity index (χ0n) is 9.35. The first kappa shape index (κ1) is 14.9. The van der Waals surface area contributed by atoms with Crippen molar-refractivity contribution in [3.63, 3.8) is 0 Å². The highest BCUT2D eigenvalue weighted by Gasteiger charge is 2.20. The van der Waals surface area contributed by atoms with Crippen molar-refractivity contribution < 1.29 is 22.7 Å². The highest BCUT2D eigenvalue weighted by molar-refractivity contribution is 7.88. The fourth-order valence-corrected chi connectivity index (χ4v) is 2.75. The first-order chi connectivity index (χ1) is 8.21. The largest absolute Gasteiger partial charge is 0.480 e. The second-order valence-corrected chi connectivity index (χ2v) is 5.85. The van der Waals surface area contributed by atoms with E-state index in [0.717, 1.165) is 6.07 Å². The third kappa shape index (κ3) is 4.25. The van der Waals surface area contributed by atoms with Crippen LogP contribution in [0.15, 0.2) is 18.2 Å². The van der Waals surface area contributed by atoms with Gasteiger partial charge in [0.2, 0.25) is 10.0 Å². The summed E-state index contributed by atoms with van der Waals surface area (Å²) in [6, 6.07) is 2.27. The van der Waals surface area contributed by atoms with E-state index in [1.807, 2.05) is 4.72 Å². The van der Waals surface area contributed by atoms with Crippen LogP contribution in [0.2, 0.25) is 5.02 Å². The van der Waals surface area contributed by atoms with Crippen LogP contribution in [-0.4, -0.2) is 25.5 Å². The van der Waals surface area contributed by atoms with E-state index >= 15 is 0 Å². The maximum Gasteiger partial charge on any atom is 0.321 e. The number of carboxylic acids is 1. The van der Waals surface area contributed by atoms with Gasteiger partial charge in [-0.05, 0) is 24.6 Å². The number of rotatable bonds is 5. The predicted octanol–water partition coefficient (Wildman–Crippen LogP) is 1.37. The summed E-state index contributed by atoms with van der Waals surface area (Å²) in [5, 5.41) is 8.41. The lowest BCUT2D eigenvalue weighted by Crippen LogP contribution is -2.38. The number of carboxylic acid groups (broad SMARTS) is 1. The summed E-state index contributed by atoms with van der Waals surface area (Å²) in [5.41, 5.74) is 0.270. The molecule has 100 valence electrons. The van der Waals surface area contributed by atoms with Gasteiger partial charge in [0.05, 0.1) is 10.8 Å². The maximum atomic E-state index is 12.9. The van der Waals surface area contributed by atoms with Crippen molar-refractivity contribution in [2.45, 2.75) is 18.7 Å². The molecule has 1 rings (SSSR count). The summed E-state index contributed by atoms with van der Waals surface area (Å²) >= 11 is 5.51. The van der Waals surface area contributed by atoms with Crippen molar-refractivity contribution in [2.24, 2.45) is 0 Å². The lowest BCUT2D eigenvalue weighted by Gasteiger charge is -2.10. The summed E-state index contributed by atoms with van der Waals surface area (Å²) < 4.78 is 38.0. The lowest BCUT2D eigenvalue weighted by atomic mass is 10.2. The van der Waals surface area contributed by atoms with Gasteiger partial charge in [0.25, 0.3) is 0 Å². The summed E-state index contributed by atoms with van der Waals surface area (Å²) in [6.45, 7) is 1.21. The fourth-order valence-electron chi connectivity index (χ4n) is 1.21. The number of hydrogen-bond acceptors (Lipinski definition) is 3. The van der Waals surface area contributed by atoms with Crippen molar-refractivity contribution >= 4 is 27.6 Å². The van der Waals surface area contributed by atoms with Crippen LogP contribution in [0.1, 0.15) is 12.5 Å². The topological polar surface area (TPSA) is 83.5 Å². The van der Waals surface area contributed by atoms with Crippen molar-refractivity contribution in [1.82, 2.24) is 4.72 Å². The van der Waals surface area contributed by atoms with Crippen molar-refractivity contribution in [3.8, 4) is 0 Å². The predicted molar refractivity (Wildman–Crippen MR) is 64.3 cm³/mol. The number of halogens is 2. The SMILES string of the molecule is CC(NS(=O)(=O)Cc1ccc(F)c(Cl)c1)C(=O)O. The van der Waals surface area contributed by atoms with Gasteiger partial charge in [-0.15, -0.1) is 0 Å². The van der Waals surface area contributed by atoms with E-state index in [0.29, 0.717) is 0 Å². The van der Waals surface area contributed by atoms with E-state index < -0.39 is 33.6 Å². The Morgan fingerprint density at radius 2 is 2.17 bits per heavy atom. The molecule has 5 nitrogen and oxygen atoms in total. The van der Waals surface area contributed by atoms with E-state index in [1.165, 1.54) is 19.1 Å². The normalized spacial score (nSPS) is 13.3. The Hall–Kier alpha value is -1.18. The van der Waals surface area contributed by atoms with Crippen LogP contribution >= 0.6 is 11.6 Å². The number of nitrogens with one attached hydrogen (secondary N) is 1. The van der Waals surface area contributed by atoms with E-state index in [9.17, 15) is 17.6 Å². The van der Waals surface area contributed by atoms with Crippen LogP contribution in [-0.2, 0) is 20.6 Å². The van der Waals surface area contributed by atoms with Gasteiger partial charge in [-0.3, -0.25) is 4.79 Å². The fraction of sp³-hybridized carbons (Fsp3) is 0.300. The molecular formula is C10H11ClFNO4S. The van der Waals surface area contributed by atoms with Gasteiger partial charge in [0.15, 0.2) is 0 Å². The summed E-state index contributed by atoms with van der Waals surface area (Å²) in [4.78, 5) is 10.5. The van der Waals surface area contributed by atoms with E-state index in [-0.39, 0.29) is 10.6 Å². The molecule has 1 atom stereocenters. The van der Waals surface area contributed by atoms with Crippen LogP contribution in [0.5, 0.6) is 0 Å². The molecular weight excluding hydrogens is 285 g/mol. The van der Waals surface area contributed by atoms with Gasteiger partial charge in [-0.25, -0.2) is 17.5 Å². The Morgan fingerprint density at radius 3 is 2.67 bits per heavy atom. The molecule has 18 heavy (non-hydrogen) atoms. The van der Waals surface area contributed by atoms with Crippen LogP contribution in [0, 0.1) is 5.82 Å². The van der Waals surface area contributed by atoms with Gasteiger partial charge >= 0.3 is 5.97 Å². The zero-order valence-corrected chi connectivity index (χ0v) is 10.9. The Balaban J connectivity index is 2.82. The Morgan fingerprint density at radius 1 is 1.56 bits per heavy atom. The van der Waals surface area contributed by atoms with Gasteiger partial charge < -0.3 is 5.11 Å². The molecule has 1 aromatic carbocycles. The minimum absolute atomic E-state index is 0.186. The Kier molecular flexibility index (Phi) is 4.66. The minimum Gasteiger partial charge on any atom is -0.480 e. The van der Waals surface area contributed by atoms with E-state index in [2.05, 4.69) is 0 Å². The molecule has 0 aliphatic carbocycles. The van der Waals surface area contributed by atoms with Crippen LogP contribution in [0.4, 0.5) is 4.39 Å². The Labute approximate surface area is 109 Å². The molecule has 8 heteroatoms. The molecule has 0 heterocycles. The highest BCUT2D eigenvalue weighted by atomic mass is 35.5. The number of carbonyl (C=O) groups is 1. The van der Waals surface area contributed by atoms with Gasteiger partial charge in [0.1, 0.15) is 11.9 Å². The van der Waals surface area contributed by atoms with Gasteiger partial charge in [-0.2, -0.15) is 0 Å². The zero-order chi connectivity index (χ0) is 13.9. The molecule has 0 bridgehead atoms. The Bertz CT molecular complexity index is 561. The molecule has 0 aromatic heterocycles. The number of aliphatic carboxylic acids is 1. The molecule has 0 spiro atoms. The van der Waals surface area contributed by atoms with Gasteiger partial charge in [0, 0.05) is 0 Å². The number of sulfonamides is 1. The lowest BCUT2D eigenvalue weighted by molar-refractivity contribution is -0.138. The maximum absolute atomic E-state index is 12.9. The smallest absolute Gasteiger partial charge is 0.321 e. The number of hydrogen-bond donors (Lipinski definition) is 2. The molecule has 0 aliphatic rings. The molecule has 0 aliphatic heterocycles. The molecule has 0 saturated heterocycles. The monoisotopic (exact) mass is 295 g/mol. The summed E-state index contributed by atoms with van der Waals surface area (Å²) in [7, 11) is -3.82. The van der Waals surface area contributed by atoms with E-state index in [4.69, 9.17) is 16.7 Å². The van der Waals surface area contributed by atoms with Crippen molar-refractivity contribution in [1.29, 1.82) is 0 Å². The van der Waals surface area contributed by atoms with E-state index in [1.54, 1.807) is 0 Å². The standard InChI is InChI=1S/C10H11ClFNO4S/c1-6(10(14)15)13-18(16,17)5-7-2-3-9(12)8(11)4-7/h2-4,6,13H,5H2,1H3,(H,14,15). The molecule has 0 radical (unpaired) electrons. The third-order valence-corrected chi connectivity index (χ3v) is 3.78. The van der Waals surface area contributed by atoms with Crippen molar-refractivity contribution in [2.75, 3.05) is 0 Å². The first-order valence-corrected chi connectivity index (χ1v) is 6.91. The third-order valence-electron chi connectivity index (χ3n) is 2.07. The average Bonchev–Trinajstić information content (AvgIpc) is 2.22. The van der Waals surface area contributed by atoms with Crippen LogP contribution in [0.25, 0.3) is 0 Å². The summed E-state index contributed by atoms with van der Waals surface area (Å²) in [5.74, 6) is -2.40. The quantitative estimate of drug-likeness (QED) is 0.859. The second-order valence-electron chi connectivity index (χ2n) is 3.69. The first-order valence-electron chi connectivity index (χ1n) is 4.88. The molecule has 2 N–H and O–H groups in total. The molecule has 0 saturated carbocycles. The van der Waals surface area contributed by atoms with Crippen LogP contribution < -0.4 is 4.72 Å². The summed E-state index contributed by atoms with van der Waals surface area (Å²) in [6.07, 6.45) is 0. The average molecular weight is 296 g/mol. The molecule has 0 amide bonds. The van der Waals surface area contributed by atoms with Crippen molar-refractivity contribution in [3.05, 3.63) is 34.6 Å². The molecule has 1 aromatic rings.